The Morgan fingerprint density at radius 3 is 2.67 bits per heavy atom. The molecular formula is C14H11ClN2O4. The van der Waals surface area contributed by atoms with E-state index in [0.29, 0.717) is 5.69 Å². The van der Waals surface area contributed by atoms with Gasteiger partial charge in [0.1, 0.15) is 5.75 Å². The number of benzene rings is 2. The van der Waals surface area contributed by atoms with Crippen LogP contribution in [-0.2, 0) is 0 Å². The molecule has 108 valence electrons. The Labute approximate surface area is 125 Å². The maximum Gasteiger partial charge on any atom is 0.273 e. The Morgan fingerprint density at radius 1 is 1.33 bits per heavy atom. The predicted molar refractivity (Wildman–Crippen MR) is 78.9 cm³/mol. The normalized spacial score (nSPS) is 10.2. The molecule has 7 heteroatoms. The summed E-state index contributed by atoms with van der Waals surface area (Å²) >= 11 is 5.68. The lowest BCUT2D eigenvalue weighted by atomic mass is 10.1. The summed E-state index contributed by atoms with van der Waals surface area (Å²) in [6, 6.07) is 8.53. The molecule has 0 saturated carbocycles. The minimum atomic E-state index is -0.541. The highest BCUT2D eigenvalue weighted by Crippen LogP contribution is 2.27. The number of nitro benzene ring substituents is 1. The average Bonchev–Trinajstić information content (AvgIpc) is 2.42. The predicted octanol–water partition coefficient (Wildman–Crippen LogP) is 3.51. The summed E-state index contributed by atoms with van der Waals surface area (Å²) in [5, 5.41) is 23.1. The van der Waals surface area contributed by atoms with Gasteiger partial charge in [-0.3, -0.25) is 14.9 Å². The molecule has 0 aliphatic heterocycles. The maximum atomic E-state index is 12.2. The van der Waals surface area contributed by atoms with E-state index < -0.39 is 10.8 Å². The molecule has 1 amide bonds. The fraction of sp³-hybridized carbons (Fsp3) is 0.0714. The number of carbonyl (C=O) groups is 1. The fourth-order valence-corrected chi connectivity index (χ4v) is 1.97. The number of phenols is 1. The maximum absolute atomic E-state index is 12.2. The molecule has 0 radical (unpaired) electrons. The third kappa shape index (κ3) is 3.11. The third-order valence-corrected chi connectivity index (χ3v) is 3.27. The Kier molecular flexibility index (Phi) is 4.09. The summed E-state index contributed by atoms with van der Waals surface area (Å²) in [5.41, 5.74) is 0.686. The van der Waals surface area contributed by atoms with E-state index in [1.54, 1.807) is 0 Å². The van der Waals surface area contributed by atoms with Gasteiger partial charge in [-0.25, -0.2) is 0 Å². The lowest BCUT2D eigenvalue weighted by Crippen LogP contribution is -2.14. The van der Waals surface area contributed by atoms with Crippen LogP contribution in [0.5, 0.6) is 5.75 Å². The van der Waals surface area contributed by atoms with E-state index in [-0.39, 0.29) is 27.6 Å². The van der Waals surface area contributed by atoms with Gasteiger partial charge in [-0.15, -0.1) is 0 Å². The van der Waals surface area contributed by atoms with Gasteiger partial charge in [-0.05, 0) is 25.1 Å². The smallest absolute Gasteiger partial charge is 0.273 e. The van der Waals surface area contributed by atoms with Crippen LogP contribution in [0.25, 0.3) is 0 Å². The Morgan fingerprint density at radius 2 is 2.05 bits per heavy atom. The zero-order valence-electron chi connectivity index (χ0n) is 11.0. The topological polar surface area (TPSA) is 92.5 Å². The van der Waals surface area contributed by atoms with Crippen LogP contribution in [0.4, 0.5) is 11.4 Å². The minimum absolute atomic E-state index is 0.124. The summed E-state index contributed by atoms with van der Waals surface area (Å²) in [4.78, 5) is 22.5. The van der Waals surface area contributed by atoms with E-state index in [1.165, 1.54) is 43.3 Å². The Hall–Kier alpha value is -2.60. The largest absolute Gasteiger partial charge is 0.506 e. The summed E-state index contributed by atoms with van der Waals surface area (Å²) in [6.45, 7) is 1.51. The molecule has 2 rings (SSSR count). The number of aromatic hydroxyl groups is 1. The van der Waals surface area contributed by atoms with Crippen LogP contribution in [0.15, 0.2) is 36.4 Å². The number of nitro groups is 1. The van der Waals surface area contributed by atoms with Gasteiger partial charge < -0.3 is 10.4 Å². The van der Waals surface area contributed by atoms with Crippen LogP contribution in [0.1, 0.15) is 15.9 Å². The second-order valence-electron chi connectivity index (χ2n) is 4.33. The van der Waals surface area contributed by atoms with Gasteiger partial charge in [-0.2, -0.15) is 0 Å². The lowest BCUT2D eigenvalue weighted by Gasteiger charge is -2.08. The molecule has 0 spiro atoms. The van der Waals surface area contributed by atoms with Gasteiger partial charge in [0.2, 0.25) is 0 Å². The molecule has 0 aliphatic carbocycles. The number of anilines is 1. The van der Waals surface area contributed by atoms with Gasteiger partial charge in [0.25, 0.3) is 11.6 Å². The zero-order chi connectivity index (χ0) is 15.6. The van der Waals surface area contributed by atoms with Crippen molar-refractivity contribution in [3.05, 3.63) is 62.7 Å². The van der Waals surface area contributed by atoms with Crippen molar-refractivity contribution in [2.24, 2.45) is 0 Å². The quantitative estimate of drug-likeness (QED) is 0.670. The number of phenolic OH excluding ortho intramolecular Hbond substituents is 1. The van der Waals surface area contributed by atoms with Gasteiger partial charge in [0.05, 0.1) is 9.95 Å². The van der Waals surface area contributed by atoms with Crippen LogP contribution in [0, 0.1) is 17.0 Å². The van der Waals surface area contributed by atoms with Crippen molar-refractivity contribution in [1.82, 2.24) is 0 Å². The molecule has 2 aromatic rings. The number of halogens is 1. The molecule has 0 aromatic heterocycles. The van der Waals surface area contributed by atoms with E-state index in [0.717, 1.165) is 0 Å². The van der Waals surface area contributed by atoms with Crippen LogP contribution >= 0.6 is 11.6 Å². The molecule has 0 aliphatic rings. The Balaban J connectivity index is 2.30. The van der Waals surface area contributed by atoms with E-state index in [2.05, 4.69) is 5.32 Å². The highest BCUT2D eigenvalue weighted by atomic mass is 35.5. The first kappa shape index (κ1) is 14.8. The molecule has 6 nitrogen and oxygen atoms in total. The second-order valence-corrected chi connectivity index (χ2v) is 4.73. The second kappa shape index (κ2) is 5.80. The number of hydrogen-bond donors (Lipinski definition) is 2. The summed E-state index contributed by atoms with van der Waals surface area (Å²) in [6.07, 6.45) is 0. The molecule has 0 fully saturated rings. The highest BCUT2D eigenvalue weighted by Gasteiger charge is 2.18. The first-order valence-electron chi connectivity index (χ1n) is 5.94. The van der Waals surface area contributed by atoms with Gasteiger partial charge in [-0.1, -0.05) is 17.7 Å². The van der Waals surface area contributed by atoms with Crippen molar-refractivity contribution in [2.75, 3.05) is 5.32 Å². The van der Waals surface area contributed by atoms with Gasteiger partial charge in [0, 0.05) is 28.9 Å². The van der Waals surface area contributed by atoms with Crippen molar-refractivity contribution in [3.8, 4) is 5.75 Å². The molecule has 0 heterocycles. The molecule has 0 bridgehead atoms. The van der Waals surface area contributed by atoms with Crippen LogP contribution in [-0.4, -0.2) is 15.9 Å². The van der Waals surface area contributed by atoms with Crippen LogP contribution < -0.4 is 5.32 Å². The number of rotatable bonds is 3. The molecule has 0 atom stereocenters. The van der Waals surface area contributed by atoms with Crippen molar-refractivity contribution >= 4 is 28.9 Å². The van der Waals surface area contributed by atoms with E-state index in [4.69, 9.17) is 11.6 Å². The average molecular weight is 307 g/mol. The first-order chi connectivity index (χ1) is 9.90. The molecule has 2 N–H and O–H groups in total. The van der Waals surface area contributed by atoms with Gasteiger partial charge >= 0.3 is 0 Å². The van der Waals surface area contributed by atoms with Crippen molar-refractivity contribution in [3.63, 3.8) is 0 Å². The third-order valence-electron chi connectivity index (χ3n) is 2.95. The number of hydrogen-bond acceptors (Lipinski definition) is 4. The lowest BCUT2D eigenvalue weighted by molar-refractivity contribution is -0.385. The van der Waals surface area contributed by atoms with E-state index in [1.807, 2.05) is 0 Å². The highest BCUT2D eigenvalue weighted by molar-refractivity contribution is 6.32. The van der Waals surface area contributed by atoms with Gasteiger partial charge in [0.15, 0.2) is 0 Å². The summed E-state index contributed by atoms with van der Waals surface area (Å²) < 4.78 is 0. The molecule has 0 unspecified atom stereocenters. The Bertz CT molecular complexity index is 731. The van der Waals surface area contributed by atoms with Crippen LogP contribution in [0.3, 0.4) is 0 Å². The number of nitrogens with one attached hydrogen (secondary N) is 1. The number of carbonyl (C=O) groups excluding carboxylic acids is 1. The monoisotopic (exact) mass is 306 g/mol. The SMILES string of the molecule is Cc1c(C(=O)Nc2ccc(Cl)c(O)c2)cccc1[N+](=O)[O-]. The van der Waals surface area contributed by atoms with Crippen molar-refractivity contribution in [2.45, 2.75) is 6.92 Å². The van der Waals surface area contributed by atoms with E-state index >= 15 is 0 Å². The number of amides is 1. The summed E-state index contributed by atoms with van der Waals surface area (Å²) in [7, 11) is 0. The minimum Gasteiger partial charge on any atom is -0.506 e. The van der Waals surface area contributed by atoms with E-state index in [9.17, 15) is 20.0 Å². The molecular weight excluding hydrogens is 296 g/mol. The molecule has 0 saturated heterocycles. The zero-order valence-corrected chi connectivity index (χ0v) is 11.7. The summed E-state index contributed by atoms with van der Waals surface area (Å²) in [5.74, 6) is -0.664. The molecule has 2 aromatic carbocycles. The van der Waals surface area contributed by atoms with Crippen molar-refractivity contribution in [1.29, 1.82) is 0 Å². The first-order valence-corrected chi connectivity index (χ1v) is 6.32. The number of nitrogens with zero attached hydrogens (tertiary/aromatic N) is 1. The van der Waals surface area contributed by atoms with Crippen molar-refractivity contribution < 1.29 is 14.8 Å². The fourth-order valence-electron chi connectivity index (χ4n) is 1.86. The standard InChI is InChI=1S/C14H11ClN2O4/c1-8-10(3-2-4-12(8)17(20)21)14(19)16-9-5-6-11(15)13(18)7-9/h2-7,18H,1H3,(H,16,19). The van der Waals surface area contributed by atoms with Crippen LogP contribution in [0.2, 0.25) is 5.02 Å². The molecule has 21 heavy (non-hydrogen) atoms.